The first kappa shape index (κ1) is 27.4. The van der Waals surface area contributed by atoms with Crippen molar-refractivity contribution in [3.8, 4) is 22.7 Å². The average molecular weight is 597 g/mol. The molecule has 1 aliphatic rings. The van der Waals surface area contributed by atoms with E-state index in [1.54, 1.807) is 35.4 Å². The third-order valence-corrected chi connectivity index (χ3v) is 8.26. The molecule has 2 aromatic heterocycles. The van der Waals surface area contributed by atoms with E-state index in [0.29, 0.717) is 37.1 Å². The number of benzene rings is 3. The van der Waals surface area contributed by atoms with Crippen LogP contribution in [0.1, 0.15) is 24.1 Å². The van der Waals surface area contributed by atoms with Crippen molar-refractivity contribution < 1.29 is 14.3 Å². The van der Waals surface area contributed by atoms with E-state index in [1.165, 1.54) is 18.4 Å². The molecule has 0 amide bonds. The van der Waals surface area contributed by atoms with Crippen LogP contribution < -0.4 is 19.6 Å². The lowest BCUT2D eigenvalue weighted by molar-refractivity contribution is -0.136. The lowest BCUT2D eigenvalue weighted by Gasteiger charge is -2.24. The Bertz CT molecular complexity index is 2010. The fourth-order valence-corrected chi connectivity index (χ4v) is 6.14. The van der Waals surface area contributed by atoms with Crippen LogP contribution in [0.2, 0.25) is 5.02 Å². The SMILES string of the molecule is COC(=O)C1=C(C)N=c2sc(=Cc3cn(-c4ccccc4)nc3-c3ccc(Cl)cc3)c(=O)n2C1c1ccc(OC)cc1. The molecule has 42 heavy (non-hydrogen) atoms. The number of carbonyl (C=O) groups is 1. The van der Waals surface area contributed by atoms with Gasteiger partial charge in [0.05, 0.1) is 41.8 Å². The van der Waals surface area contributed by atoms with Crippen molar-refractivity contribution in [2.45, 2.75) is 13.0 Å². The highest BCUT2D eigenvalue weighted by atomic mass is 35.5. The Labute approximate surface area is 250 Å². The van der Waals surface area contributed by atoms with E-state index in [-0.39, 0.29) is 5.56 Å². The zero-order valence-electron chi connectivity index (χ0n) is 22.9. The maximum Gasteiger partial charge on any atom is 0.338 e. The molecule has 1 aliphatic heterocycles. The summed E-state index contributed by atoms with van der Waals surface area (Å²) >= 11 is 7.41. The predicted molar refractivity (Wildman–Crippen MR) is 163 cm³/mol. The van der Waals surface area contributed by atoms with Crippen molar-refractivity contribution in [2.24, 2.45) is 4.99 Å². The number of methoxy groups -OCH3 is 2. The van der Waals surface area contributed by atoms with Gasteiger partial charge in [-0.05, 0) is 55.0 Å². The summed E-state index contributed by atoms with van der Waals surface area (Å²) in [4.78, 5) is 32.2. The number of carbonyl (C=O) groups excluding carboxylic acids is 1. The van der Waals surface area contributed by atoms with Crippen molar-refractivity contribution >= 4 is 35.0 Å². The Morgan fingerprint density at radius 1 is 1.00 bits per heavy atom. The van der Waals surface area contributed by atoms with Crippen molar-refractivity contribution in [3.05, 3.63) is 132 Å². The Kier molecular flexibility index (Phi) is 7.36. The topological polar surface area (TPSA) is 87.7 Å². The molecule has 0 bridgehead atoms. The molecular weight excluding hydrogens is 572 g/mol. The number of aromatic nitrogens is 3. The predicted octanol–water partition coefficient (Wildman–Crippen LogP) is 4.92. The summed E-state index contributed by atoms with van der Waals surface area (Å²) in [5, 5.41) is 5.48. The standard InChI is InChI=1S/C32H25ClN4O4S/c1-19-27(31(39)41-3)29(21-11-15-25(40-2)16-12-21)37-30(38)26(42-32(37)34-19)17-22-18-36(24-7-5-4-6-8-24)35-28(22)20-9-13-23(33)14-10-20/h4-18,29H,1-3H3. The summed E-state index contributed by atoms with van der Waals surface area (Å²) in [5.41, 5.74) is 4.44. The van der Waals surface area contributed by atoms with Crippen LogP contribution in [0.5, 0.6) is 5.75 Å². The van der Waals surface area contributed by atoms with E-state index in [2.05, 4.69) is 4.99 Å². The van der Waals surface area contributed by atoms with Gasteiger partial charge in [0, 0.05) is 22.3 Å². The zero-order valence-corrected chi connectivity index (χ0v) is 24.5. The minimum Gasteiger partial charge on any atom is -0.497 e. The summed E-state index contributed by atoms with van der Waals surface area (Å²) in [7, 11) is 2.90. The average Bonchev–Trinajstić information content (AvgIpc) is 3.57. The lowest BCUT2D eigenvalue weighted by Crippen LogP contribution is -2.39. The number of esters is 1. The summed E-state index contributed by atoms with van der Waals surface area (Å²) in [6.07, 6.45) is 3.71. The lowest BCUT2D eigenvalue weighted by atomic mass is 9.96. The van der Waals surface area contributed by atoms with E-state index in [0.717, 1.165) is 22.4 Å². The van der Waals surface area contributed by atoms with Crippen molar-refractivity contribution in [2.75, 3.05) is 14.2 Å². The number of rotatable bonds is 6. The van der Waals surface area contributed by atoms with Gasteiger partial charge in [-0.2, -0.15) is 5.10 Å². The van der Waals surface area contributed by atoms with Crippen LogP contribution in [0.4, 0.5) is 0 Å². The molecule has 6 rings (SSSR count). The largest absolute Gasteiger partial charge is 0.497 e. The van der Waals surface area contributed by atoms with Crippen LogP contribution in [-0.4, -0.2) is 34.5 Å². The minimum absolute atomic E-state index is 0.275. The van der Waals surface area contributed by atoms with Gasteiger partial charge in [-0.25, -0.2) is 14.5 Å². The van der Waals surface area contributed by atoms with E-state index >= 15 is 0 Å². The number of ether oxygens (including phenoxy) is 2. The number of allylic oxidation sites excluding steroid dienone is 1. The second kappa shape index (κ2) is 11.3. The van der Waals surface area contributed by atoms with E-state index in [4.69, 9.17) is 26.2 Å². The Hall–Kier alpha value is -4.73. The normalized spacial score (nSPS) is 14.9. The van der Waals surface area contributed by atoms with Gasteiger partial charge < -0.3 is 9.47 Å². The monoisotopic (exact) mass is 596 g/mol. The molecule has 0 N–H and O–H groups in total. The second-order valence-electron chi connectivity index (χ2n) is 9.57. The fourth-order valence-electron chi connectivity index (χ4n) is 4.97. The molecule has 0 radical (unpaired) electrons. The molecule has 8 nitrogen and oxygen atoms in total. The van der Waals surface area contributed by atoms with Crippen LogP contribution >= 0.6 is 22.9 Å². The number of halogens is 1. The summed E-state index contributed by atoms with van der Waals surface area (Å²) in [5.74, 6) is 0.122. The van der Waals surface area contributed by atoms with Crippen LogP contribution in [0.25, 0.3) is 23.0 Å². The first-order valence-electron chi connectivity index (χ1n) is 13.0. The molecule has 1 atom stereocenters. The number of thiazole rings is 1. The van der Waals surface area contributed by atoms with Gasteiger partial charge in [-0.1, -0.05) is 65.4 Å². The van der Waals surface area contributed by atoms with Gasteiger partial charge in [0.1, 0.15) is 11.4 Å². The number of hydrogen-bond donors (Lipinski definition) is 0. The maximum atomic E-state index is 14.1. The van der Waals surface area contributed by atoms with Crippen LogP contribution in [-0.2, 0) is 9.53 Å². The molecule has 0 aliphatic carbocycles. The molecule has 0 saturated carbocycles. The molecule has 10 heteroatoms. The molecule has 1 unspecified atom stereocenters. The van der Waals surface area contributed by atoms with Crippen molar-refractivity contribution in [3.63, 3.8) is 0 Å². The molecule has 3 heterocycles. The molecule has 0 spiro atoms. The van der Waals surface area contributed by atoms with Gasteiger partial charge in [-0.3, -0.25) is 9.36 Å². The number of fused-ring (bicyclic) bond motifs is 1. The highest BCUT2D eigenvalue weighted by Crippen LogP contribution is 2.32. The molecule has 0 saturated heterocycles. The first-order valence-corrected chi connectivity index (χ1v) is 14.2. The van der Waals surface area contributed by atoms with Crippen LogP contribution in [0.15, 0.2) is 106 Å². The number of hydrogen-bond acceptors (Lipinski definition) is 7. The third-order valence-electron chi connectivity index (χ3n) is 7.03. The Morgan fingerprint density at radius 3 is 2.38 bits per heavy atom. The molecule has 0 fully saturated rings. The van der Waals surface area contributed by atoms with Gasteiger partial charge in [0.25, 0.3) is 5.56 Å². The highest BCUT2D eigenvalue weighted by Gasteiger charge is 2.33. The maximum absolute atomic E-state index is 14.1. The minimum atomic E-state index is -0.718. The van der Waals surface area contributed by atoms with Gasteiger partial charge >= 0.3 is 5.97 Å². The summed E-state index contributed by atoms with van der Waals surface area (Å²) in [6, 6.07) is 23.7. The smallest absolute Gasteiger partial charge is 0.338 e. The molecule has 210 valence electrons. The third kappa shape index (κ3) is 4.97. The number of para-hydroxylation sites is 1. The first-order chi connectivity index (χ1) is 20.4. The molecular formula is C32H25ClN4O4S. The highest BCUT2D eigenvalue weighted by molar-refractivity contribution is 7.07. The van der Waals surface area contributed by atoms with E-state index in [1.807, 2.05) is 79.0 Å². The summed E-state index contributed by atoms with van der Waals surface area (Å²) in [6.45, 7) is 1.75. The van der Waals surface area contributed by atoms with E-state index in [9.17, 15) is 9.59 Å². The quantitative estimate of drug-likeness (QED) is 0.260. The van der Waals surface area contributed by atoms with Crippen LogP contribution in [0.3, 0.4) is 0 Å². The second-order valence-corrected chi connectivity index (χ2v) is 11.0. The number of nitrogens with zero attached hydrogens (tertiary/aromatic N) is 4. The fraction of sp³-hybridized carbons (Fsp3) is 0.125. The van der Waals surface area contributed by atoms with Crippen molar-refractivity contribution in [1.82, 2.24) is 14.3 Å². The molecule has 3 aromatic carbocycles. The van der Waals surface area contributed by atoms with Gasteiger partial charge in [0.2, 0.25) is 0 Å². The van der Waals surface area contributed by atoms with Gasteiger partial charge in [-0.15, -0.1) is 0 Å². The van der Waals surface area contributed by atoms with Crippen LogP contribution in [0, 0.1) is 0 Å². The van der Waals surface area contributed by atoms with Crippen molar-refractivity contribution in [1.29, 1.82) is 0 Å². The van der Waals surface area contributed by atoms with Gasteiger partial charge in [0.15, 0.2) is 4.80 Å². The zero-order chi connectivity index (χ0) is 29.4. The Morgan fingerprint density at radius 2 is 1.71 bits per heavy atom. The Balaban J connectivity index is 1.56. The summed E-state index contributed by atoms with van der Waals surface area (Å²) < 4.78 is 14.2. The van der Waals surface area contributed by atoms with E-state index < -0.39 is 12.0 Å². The molecule has 5 aromatic rings.